The first kappa shape index (κ1) is 11.1. The number of H-pyrrole nitrogens is 1. The molecule has 0 radical (unpaired) electrons. The van der Waals surface area contributed by atoms with Crippen molar-refractivity contribution in [3.05, 3.63) is 27.0 Å². The summed E-state index contributed by atoms with van der Waals surface area (Å²) in [5.41, 5.74) is -1.77. The van der Waals surface area contributed by atoms with Crippen LogP contribution in [-0.4, -0.2) is 32.0 Å². The Balaban J connectivity index is 2.82. The van der Waals surface area contributed by atoms with Gasteiger partial charge in [-0.15, -0.1) is 0 Å². The fourth-order valence-electron chi connectivity index (χ4n) is 0.934. The van der Waals surface area contributed by atoms with E-state index in [1.165, 1.54) is 6.92 Å². The molecule has 1 heterocycles. The molecule has 0 spiro atoms. The molecule has 1 rings (SSSR count). The van der Waals surface area contributed by atoms with E-state index in [9.17, 15) is 14.4 Å². The molecule has 8 heteroatoms. The van der Waals surface area contributed by atoms with Crippen LogP contribution in [0.5, 0.6) is 0 Å². The first-order valence-electron chi connectivity index (χ1n) is 4.12. The van der Waals surface area contributed by atoms with Crippen molar-refractivity contribution < 1.29 is 9.90 Å². The number of carbonyl (C=O) groups excluding carboxylic acids is 1. The van der Waals surface area contributed by atoms with Crippen LogP contribution in [0.4, 0.5) is 0 Å². The van der Waals surface area contributed by atoms with Crippen molar-refractivity contribution in [3.63, 3.8) is 0 Å². The number of carbonyl (C=O) groups is 1. The highest BCUT2D eigenvalue weighted by Gasteiger charge is 2.07. The van der Waals surface area contributed by atoms with Crippen LogP contribution < -0.4 is 16.4 Å². The Labute approximate surface area is 83.6 Å². The number of nitrogens with one attached hydrogen (secondary N) is 2. The number of aliphatic hydroxyl groups is 1. The molecule has 82 valence electrons. The van der Waals surface area contributed by atoms with E-state index in [1.54, 1.807) is 0 Å². The molecule has 1 aromatic rings. The second-order valence-corrected chi connectivity index (χ2v) is 2.86. The summed E-state index contributed by atoms with van der Waals surface area (Å²) < 4.78 is 0.844. The minimum atomic E-state index is -1.01. The van der Waals surface area contributed by atoms with E-state index in [4.69, 9.17) is 5.11 Å². The summed E-state index contributed by atoms with van der Waals surface area (Å²) >= 11 is 0. The van der Waals surface area contributed by atoms with Gasteiger partial charge in [-0.1, -0.05) is 0 Å². The van der Waals surface area contributed by atoms with Gasteiger partial charge in [0, 0.05) is 0 Å². The van der Waals surface area contributed by atoms with Crippen LogP contribution in [0.3, 0.4) is 0 Å². The van der Waals surface area contributed by atoms with Crippen LogP contribution in [0.15, 0.2) is 15.9 Å². The Morgan fingerprint density at radius 1 is 1.73 bits per heavy atom. The lowest BCUT2D eigenvalue weighted by Crippen LogP contribution is -2.42. The average molecular weight is 214 g/mol. The molecule has 0 fully saturated rings. The average Bonchev–Trinajstić information content (AvgIpc) is 2.11. The maximum Gasteiger partial charge on any atom is 0.330 e. The predicted molar refractivity (Wildman–Crippen MR) is 48.9 cm³/mol. The van der Waals surface area contributed by atoms with Gasteiger partial charge in [-0.3, -0.25) is 19.0 Å². The Kier molecular flexibility index (Phi) is 3.34. The zero-order valence-corrected chi connectivity index (χ0v) is 7.93. The number of hydrogen-bond donors (Lipinski definition) is 3. The Morgan fingerprint density at radius 3 is 3.00 bits per heavy atom. The monoisotopic (exact) mass is 214 g/mol. The predicted octanol–water partition coefficient (Wildman–Crippen LogP) is -2.61. The van der Waals surface area contributed by atoms with E-state index in [1.807, 2.05) is 5.10 Å². The summed E-state index contributed by atoms with van der Waals surface area (Å²) in [6, 6.07) is 0. The van der Waals surface area contributed by atoms with Crippen molar-refractivity contribution in [2.45, 2.75) is 19.7 Å². The van der Waals surface area contributed by atoms with Crippen molar-refractivity contribution in [1.29, 1.82) is 0 Å². The third kappa shape index (κ3) is 3.02. The molecule has 0 saturated carbocycles. The maximum absolute atomic E-state index is 11.1. The summed E-state index contributed by atoms with van der Waals surface area (Å²) in [6.07, 6.45) is 0.0221. The third-order valence-corrected chi connectivity index (χ3v) is 1.50. The van der Waals surface area contributed by atoms with Gasteiger partial charge in [0.25, 0.3) is 0 Å². The molecule has 0 aliphatic carbocycles. The molecule has 0 saturated heterocycles. The van der Waals surface area contributed by atoms with Gasteiger partial charge in [0.1, 0.15) is 19.1 Å². The van der Waals surface area contributed by atoms with Crippen LogP contribution in [0, 0.1) is 0 Å². The highest BCUT2D eigenvalue weighted by molar-refractivity contribution is 5.75. The molecule has 1 unspecified atom stereocenters. The van der Waals surface area contributed by atoms with E-state index in [0.717, 1.165) is 10.9 Å². The summed E-state index contributed by atoms with van der Waals surface area (Å²) in [6.45, 7) is 0.997. The Bertz CT molecular complexity index is 461. The molecule has 1 atom stereocenters. The zero-order chi connectivity index (χ0) is 11.4. The van der Waals surface area contributed by atoms with Crippen LogP contribution in [0.1, 0.15) is 6.92 Å². The van der Waals surface area contributed by atoms with Crippen LogP contribution in [0.25, 0.3) is 0 Å². The molecule has 0 aliphatic rings. The quantitative estimate of drug-likeness (QED) is 0.376. The fourth-order valence-corrected chi connectivity index (χ4v) is 0.934. The lowest BCUT2D eigenvalue weighted by Gasteiger charge is -2.07. The van der Waals surface area contributed by atoms with Gasteiger partial charge < -0.3 is 10.4 Å². The van der Waals surface area contributed by atoms with Gasteiger partial charge in [0.15, 0.2) is 0 Å². The van der Waals surface area contributed by atoms with E-state index >= 15 is 0 Å². The molecular weight excluding hydrogens is 204 g/mol. The van der Waals surface area contributed by atoms with E-state index in [2.05, 4.69) is 10.4 Å². The lowest BCUT2D eigenvalue weighted by molar-refractivity contribution is -0.124. The standard InChI is InChI=1S/C7H10N4O4/c1-4(12)9-5(13)2-11-3-8-10-6(14)7(11)15/h3-4,12H,2H2,1H3,(H,9,13)(H,10,14). The SMILES string of the molecule is CC(O)NC(=O)Cn1cn[nH]c(=O)c1=O. The smallest absolute Gasteiger partial charge is 0.330 e. The van der Waals surface area contributed by atoms with Gasteiger partial charge in [-0.05, 0) is 6.92 Å². The molecular formula is C7H10N4O4. The van der Waals surface area contributed by atoms with E-state index in [-0.39, 0.29) is 6.54 Å². The minimum Gasteiger partial charge on any atom is -0.374 e. The largest absolute Gasteiger partial charge is 0.374 e. The van der Waals surface area contributed by atoms with Crippen molar-refractivity contribution in [2.75, 3.05) is 0 Å². The number of aliphatic hydroxyl groups excluding tert-OH is 1. The van der Waals surface area contributed by atoms with Gasteiger partial charge in [0.05, 0.1) is 0 Å². The molecule has 1 amide bonds. The molecule has 8 nitrogen and oxygen atoms in total. The van der Waals surface area contributed by atoms with E-state index in [0.29, 0.717) is 0 Å². The molecule has 0 aromatic carbocycles. The molecule has 3 N–H and O–H groups in total. The lowest BCUT2D eigenvalue weighted by atomic mass is 10.5. The first-order chi connectivity index (χ1) is 7.00. The molecule has 0 aliphatic heterocycles. The minimum absolute atomic E-state index is 0.360. The second-order valence-electron chi connectivity index (χ2n) is 2.86. The molecule has 0 bridgehead atoms. The van der Waals surface area contributed by atoms with Crippen molar-refractivity contribution in [1.82, 2.24) is 20.1 Å². The summed E-state index contributed by atoms with van der Waals surface area (Å²) in [5, 5.41) is 16.3. The van der Waals surface area contributed by atoms with Crippen LogP contribution in [-0.2, 0) is 11.3 Å². The zero-order valence-electron chi connectivity index (χ0n) is 7.93. The maximum atomic E-state index is 11.1. The summed E-state index contributed by atoms with van der Waals surface area (Å²) in [5.74, 6) is -0.584. The number of hydrogen-bond acceptors (Lipinski definition) is 5. The highest BCUT2D eigenvalue weighted by Crippen LogP contribution is 1.78. The van der Waals surface area contributed by atoms with Gasteiger partial charge in [0.2, 0.25) is 5.91 Å². The molecule has 15 heavy (non-hydrogen) atoms. The fraction of sp³-hybridized carbons (Fsp3) is 0.429. The topological polar surface area (TPSA) is 117 Å². The third-order valence-electron chi connectivity index (χ3n) is 1.50. The van der Waals surface area contributed by atoms with Gasteiger partial charge >= 0.3 is 11.1 Å². The highest BCUT2D eigenvalue weighted by atomic mass is 16.3. The van der Waals surface area contributed by atoms with Crippen molar-refractivity contribution in [2.24, 2.45) is 0 Å². The van der Waals surface area contributed by atoms with Crippen molar-refractivity contribution in [3.8, 4) is 0 Å². The van der Waals surface area contributed by atoms with Gasteiger partial charge in [-0.25, -0.2) is 5.10 Å². The Hall–Kier alpha value is -1.96. The number of nitrogens with zero attached hydrogens (tertiary/aromatic N) is 2. The first-order valence-corrected chi connectivity index (χ1v) is 4.12. The number of aromatic amines is 1. The van der Waals surface area contributed by atoms with Crippen LogP contribution >= 0.6 is 0 Å². The summed E-state index contributed by atoms with van der Waals surface area (Å²) in [4.78, 5) is 33.1. The van der Waals surface area contributed by atoms with Crippen LogP contribution in [0.2, 0.25) is 0 Å². The second kappa shape index (κ2) is 4.51. The van der Waals surface area contributed by atoms with E-state index < -0.39 is 23.3 Å². The number of amides is 1. The number of rotatable bonds is 3. The van der Waals surface area contributed by atoms with Crippen molar-refractivity contribution >= 4 is 5.91 Å². The molecule has 1 aromatic heterocycles. The summed E-state index contributed by atoms with van der Waals surface area (Å²) in [7, 11) is 0. The van der Waals surface area contributed by atoms with Gasteiger partial charge in [-0.2, -0.15) is 5.10 Å². The normalized spacial score (nSPS) is 12.1. The number of aromatic nitrogens is 3. The Morgan fingerprint density at radius 2 is 2.40 bits per heavy atom.